The summed E-state index contributed by atoms with van der Waals surface area (Å²) in [6.45, 7) is 3.32. The minimum atomic E-state index is -0.359. The number of anilines is 1. The van der Waals surface area contributed by atoms with Crippen molar-refractivity contribution in [2.24, 2.45) is 5.73 Å². The normalized spacial score (nSPS) is 11.2. The highest BCUT2D eigenvalue weighted by Crippen LogP contribution is 2.23. The van der Waals surface area contributed by atoms with Crippen LogP contribution in [-0.2, 0) is 11.3 Å². The number of nitrogens with two attached hydrogens (primary N) is 2. The van der Waals surface area contributed by atoms with Crippen LogP contribution >= 0.6 is 11.3 Å². The first-order valence-corrected chi connectivity index (χ1v) is 6.48. The SMILES string of the molecule is CCN(CC(N)=O)Cc1nc(N)c2ccsc2n1. The molecule has 0 radical (unpaired) electrons. The molecule has 0 unspecified atom stereocenters. The van der Waals surface area contributed by atoms with Gasteiger partial charge in [0.1, 0.15) is 16.5 Å². The second-order valence-corrected chi connectivity index (χ2v) is 4.83. The highest BCUT2D eigenvalue weighted by molar-refractivity contribution is 7.16. The van der Waals surface area contributed by atoms with Crippen molar-refractivity contribution < 1.29 is 4.79 Å². The van der Waals surface area contributed by atoms with Crippen LogP contribution in [0.3, 0.4) is 0 Å². The number of likely N-dealkylation sites (N-methyl/N-ethyl adjacent to an activating group) is 1. The Labute approximate surface area is 109 Å². The summed E-state index contributed by atoms with van der Waals surface area (Å²) in [5.74, 6) is 0.735. The van der Waals surface area contributed by atoms with E-state index < -0.39 is 0 Å². The minimum absolute atomic E-state index is 0.197. The summed E-state index contributed by atoms with van der Waals surface area (Å²) in [4.78, 5) is 22.3. The average Bonchev–Trinajstić information content (AvgIpc) is 2.76. The molecule has 0 aliphatic heterocycles. The van der Waals surface area contributed by atoms with Gasteiger partial charge >= 0.3 is 0 Å². The van der Waals surface area contributed by atoms with Crippen molar-refractivity contribution in [1.29, 1.82) is 0 Å². The number of carbonyl (C=O) groups excluding carboxylic acids is 1. The van der Waals surface area contributed by atoms with Crippen LogP contribution in [0.2, 0.25) is 0 Å². The maximum Gasteiger partial charge on any atom is 0.231 e. The molecule has 0 aliphatic rings. The predicted octanol–water partition coefficient (Wildman–Crippen LogP) is 0.581. The van der Waals surface area contributed by atoms with Gasteiger partial charge in [0, 0.05) is 0 Å². The van der Waals surface area contributed by atoms with Crippen molar-refractivity contribution in [2.75, 3.05) is 18.8 Å². The van der Waals surface area contributed by atoms with E-state index in [9.17, 15) is 4.79 Å². The molecule has 0 atom stereocenters. The highest BCUT2D eigenvalue weighted by Gasteiger charge is 2.11. The van der Waals surface area contributed by atoms with Gasteiger partial charge in [-0.1, -0.05) is 6.92 Å². The molecule has 0 saturated heterocycles. The van der Waals surface area contributed by atoms with E-state index in [0.717, 1.165) is 10.2 Å². The van der Waals surface area contributed by atoms with E-state index in [4.69, 9.17) is 11.5 Å². The molecule has 96 valence electrons. The maximum absolute atomic E-state index is 10.9. The molecule has 2 heterocycles. The van der Waals surface area contributed by atoms with Crippen LogP contribution in [0.4, 0.5) is 5.82 Å². The lowest BCUT2D eigenvalue weighted by Gasteiger charge is -2.17. The van der Waals surface area contributed by atoms with Crippen LogP contribution in [-0.4, -0.2) is 33.9 Å². The largest absolute Gasteiger partial charge is 0.383 e. The zero-order valence-corrected chi connectivity index (χ0v) is 10.9. The Morgan fingerprint density at radius 1 is 1.50 bits per heavy atom. The Morgan fingerprint density at radius 3 is 2.94 bits per heavy atom. The van der Waals surface area contributed by atoms with Crippen LogP contribution in [0, 0.1) is 0 Å². The zero-order valence-electron chi connectivity index (χ0n) is 10.1. The number of nitrogen functional groups attached to an aromatic ring is 1. The fourth-order valence-electron chi connectivity index (χ4n) is 1.69. The van der Waals surface area contributed by atoms with E-state index in [2.05, 4.69) is 9.97 Å². The molecule has 7 heteroatoms. The van der Waals surface area contributed by atoms with Crippen LogP contribution in [0.15, 0.2) is 11.4 Å². The first kappa shape index (κ1) is 12.7. The van der Waals surface area contributed by atoms with Crippen LogP contribution < -0.4 is 11.5 Å². The summed E-state index contributed by atoms with van der Waals surface area (Å²) in [6.07, 6.45) is 0. The molecule has 2 aromatic rings. The Kier molecular flexibility index (Phi) is 3.73. The molecule has 4 N–H and O–H groups in total. The lowest BCUT2D eigenvalue weighted by atomic mass is 10.3. The second-order valence-electron chi connectivity index (χ2n) is 3.93. The van der Waals surface area contributed by atoms with Crippen molar-refractivity contribution in [3.05, 3.63) is 17.3 Å². The summed E-state index contributed by atoms with van der Waals surface area (Å²) in [7, 11) is 0. The number of nitrogens with zero attached hydrogens (tertiary/aromatic N) is 3. The van der Waals surface area contributed by atoms with Crippen molar-refractivity contribution in [3.63, 3.8) is 0 Å². The van der Waals surface area contributed by atoms with Gasteiger partial charge in [-0.2, -0.15) is 0 Å². The number of amides is 1. The lowest BCUT2D eigenvalue weighted by molar-refractivity contribution is -0.119. The molecule has 0 fully saturated rings. The molecule has 0 bridgehead atoms. The molecular formula is C11H15N5OS. The molecule has 0 saturated carbocycles. The Bertz CT molecular complexity index is 568. The van der Waals surface area contributed by atoms with Gasteiger partial charge in [-0.25, -0.2) is 9.97 Å². The predicted molar refractivity (Wildman–Crippen MR) is 72.0 cm³/mol. The quantitative estimate of drug-likeness (QED) is 0.824. The number of aromatic nitrogens is 2. The summed E-state index contributed by atoms with van der Waals surface area (Å²) in [5, 5.41) is 2.81. The van der Waals surface area contributed by atoms with Gasteiger partial charge < -0.3 is 11.5 Å². The highest BCUT2D eigenvalue weighted by atomic mass is 32.1. The fourth-order valence-corrected chi connectivity index (χ4v) is 2.49. The first-order chi connectivity index (χ1) is 8.60. The third kappa shape index (κ3) is 2.74. The summed E-state index contributed by atoms with van der Waals surface area (Å²) < 4.78 is 0. The van der Waals surface area contributed by atoms with Crippen molar-refractivity contribution in [1.82, 2.24) is 14.9 Å². The molecule has 6 nitrogen and oxygen atoms in total. The summed E-state index contributed by atoms with van der Waals surface area (Å²) in [6, 6.07) is 1.90. The Balaban J connectivity index is 2.22. The number of primary amides is 1. The molecule has 0 aliphatic carbocycles. The fraction of sp³-hybridized carbons (Fsp3) is 0.364. The number of hydrogen-bond acceptors (Lipinski definition) is 6. The Morgan fingerprint density at radius 2 is 2.28 bits per heavy atom. The van der Waals surface area contributed by atoms with Crippen LogP contribution in [0.1, 0.15) is 12.7 Å². The molecule has 1 amide bonds. The van der Waals surface area contributed by atoms with Gasteiger partial charge in [0.25, 0.3) is 0 Å². The van der Waals surface area contributed by atoms with E-state index in [1.165, 1.54) is 11.3 Å². The van der Waals surface area contributed by atoms with Gasteiger partial charge in [-0.3, -0.25) is 9.69 Å². The number of rotatable bonds is 5. The lowest BCUT2D eigenvalue weighted by Crippen LogP contribution is -2.33. The maximum atomic E-state index is 10.9. The van der Waals surface area contributed by atoms with Gasteiger partial charge in [-0.05, 0) is 18.0 Å². The third-order valence-corrected chi connectivity index (χ3v) is 3.40. The second kappa shape index (κ2) is 5.28. The number of fused-ring (bicyclic) bond motifs is 1. The smallest absolute Gasteiger partial charge is 0.231 e. The van der Waals surface area contributed by atoms with Crippen molar-refractivity contribution in [2.45, 2.75) is 13.5 Å². The number of thiophene rings is 1. The zero-order chi connectivity index (χ0) is 13.1. The minimum Gasteiger partial charge on any atom is -0.383 e. The van der Waals surface area contributed by atoms with Gasteiger partial charge in [0.15, 0.2) is 0 Å². The topological polar surface area (TPSA) is 98.1 Å². The van der Waals surface area contributed by atoms with Gasteiger partial charge in [0.2, 0.25) is 5.91 Å². The van der Waals surface area contributed by atoms with Crippen molar-refractivity contribution >= 4 is 33.3 Å². The summed E-state index contributed by atoms with van der Waals surface area (Å²) >= 11 is 1.52. The molecule has 18 heavy (non-hydrogen) atoms. The molecular weight excluding hydrogens is 250 g/mol. The van der Waals surface area contributed by atoms with Crippen LogP contribution in [0.25, 0.3) is 10.2 Å². The van der Waals surface area contributed by atoms with E-state index >= 15 is 0 Å². The van der Waals surface area contributed by atoms with Crippen LogP contribution in [0.5, 0.6) is 0 Å². The number of hydrogen-bond donors (Lipinski definition) is 2. The molecule has 0 spiro atoms. The third-order valence-electron chi connectivity index (χ3n) is 2.59. The molecule has 2 rings (SSSR count). The van der Waals surface area contributed by atoms with E-state index in [1.807, 2.05) is 23.3 Å². The number of carbonyl (C=O) groups is 1. The van der Waals surface area contributed by atoms with Gasteiger partial charge in [-0.15, -0.1) is 11.3 Å². The molecule has 0 aromatic carbocycles. The average molecular weight is 265 g/mol. The Hall–Kier alpha value is -1.73. The standard InChI is InChI=1S/C11H15N5OS/c1-2-16(5-8(12)17)6-9-14-10(13)7-3-4-18-11(7)15-9/h3-4H,2,5-6H2,1H3,(H2,12,17)(H2,13,14,15). The van der Waals surface area contributed by atoms with E-state index in [1.54, 1.807) is 0 Å². The first-order valence-electron chi connectivity index (χ1n) is 5.60. The monoisotopic (exact) mass is 265 g/mol. The summed E-state index contributed by atoms with van der Waals surface area (Å²) in [5.41, 5.74) is 11.0. The van der Waals surface area contributed by atoms with E-state index in [0.29, 0.717) is 24.7 Å². The van der Waals surface area contributed by atoms with E-state index in [-0.39, 0.29) is 12.5 Å². The van der Waals surface area contributed by atoms with Gasteiger partial charge in [0.05, 0.1) is 18.5 Å². The molecule has 2 aromatic heterocycles. The van der Waals surface area contributed by atoms with Crippen molar-refractivity contribution in [3.8, 4) is 0 Å².